The van der Waals surface area contributed by atoms with Crippen molar-refractivity contribution < 1.29 is 19.1 Å². The van der Waals surface area contributed by atoms with Gasteiger partial charge < -0.3 is 15.8 Å². The predicted octanol–water partition coefficient (Wildman–Crippen LogP) is 3.56. The standard InChI is InChI=1S/C22H18N2O4/c23-18-12-10-17(11-13-18)22(27)28-14-20(25)15-6-8-16(9-7-15)21(26)24-19-4-2-1-3-5-19/h1-13H,14,23H2,(H,24,26). The third-order valence-electron chi connectivity index (χ3n) is 3.98. The first kappa shape index (κ1) is 18.8. The smallest absolute Gasteiger partial charge is 0.338 e. The van der Waals surface area contributed by atoms with Crippen LogP contribution < -0.4 is 11.1 Å². The number of hydrogen-bond acceptors (Lipinski definition) is 5. The van der Waals surface area contributed by atoms with Crippen LogP contribution in [-0.4, -0.2) is 24.3 Å². The summed E-state index contributed by atoms with van der Waals surface area (Å²) in [5.74, 6) is -1.24. The van der Waals surface area contributed by atoms with Crippen LogP contribution in [0, 0.1) is 0 Å². The number of nitrogen functional groups attached to an aromatic ring is 1. The molecule has 0 radical (unpaired) electrons. The van der Waals surface area contributed by atoms with E-state index in [1.54, 1.807) is 36.4 Å². The molecule has 3 aromatic rings. The molecule has 0 aliphatic rings. The number of ketones is 1. The molecule has 0 heterocycles. The molecule has 0 aromatic heterocycles. The summed E-state index contributed by atoms with van der Waals surface area (Å²) >= 11 is 0. The number of rotatable bonds is 6. The fourth-order valence-corrected chi connectivity index (χ4v) is 2.45. The highest BCUT2D eigenvalue weighted by molar-refractivity contribution is 6.05. The summed E-state index contributed by atoms with van der Waals surface area (Å²) < 4.78 is 5.03. The molecule has 28 heavy (non-hydrogen) atoms. The predicted molar refractivity (Wildman–Crippen MR) is 106 cm³/mol. The minimum Gasteiger partial charge on any atom is -0.454 e. The highest BCUT2D eigenvalue weighted by Crippen LogP contribution is 2.11. The third kappa shape index (κ3) is 4.82. The molecule has 1 amide bonds. The number of para-hydroxylation sites is 1. The number of Topliss-reactive ketones (excluding diaryl/α,β-unsaturated/α-hetero) is 1. The van der Waals surface area contributed by atoms with Crippen molar-refractivity contribution in [1.82, 2.24) is 0 Å². The average molecular weight is 374 g/mol. The van der Waals surface area contributed by atoms with Gasteiger partial charge in [0.15, 0.2) is 12.4 Å². The van der Waals surface area contributed by atoms with Gasteiger partial charge in [-0.1, -0.05) is 30.3 Å². The quantitative estimate of drug-likeness (QED) is 0.390. The van der Waals surface area contributed by atoms with E-state index in [0.717, 1.165) is 0 Å². The highest BCUT2D eigenvalue weighted by Gasteiger charge is 2.13. The lowest BCUT2D eigenvalue weighted by Crippen LogP contribution is -2.15. The van der Waals surface area contributed by atoms with Gasteiger partial charge >= 0.3 is 5.97 Å². The van der Waals surface area contributed by atoms with Gasteiger partial charge in [-0.15, -0.1) is 0 Å². The third-order valence-corrected chi connectivity index (χ3v) is 3.98. The van der Waals surface area contributed by atoms with Crippen LogP contribution in [0.1, 0.15) is 31.1 Å². The summed E-state index contributed by atoms with van der Waals surface area (Å²) in [6.07, 6.45) is 0. The Morgan fingerprint density at radius 1 is 0.750 bits per heavy atom. The Hall–Kier alpha value is -3.93. The number of amides is 1. The van der Waals surface area contributed by atoms with Crippen molar-refractivity contribution in [3.8, 4) is 0 Å². The van der Waals surface area contributed by atoms with Crippen molar-refractivity contribution in [1.29, 1.82) is 0 Å². The first-order valence-corrected chi connectivity index (χ1v) is 8.55. The van der Waals surface area contributed by atoms with Gasteiger partial charge in [0.1, 0.15) is 0 Å². The molecule has 0 unspecified atom stereocenters. The molecule has 0 spiro atoms. The van der Waals surface area contributed by atoms with E-state index in [1.807, 2.05) is 18.2 Å². The van der Waals surface area contributed by atoms with Gasteiger partial charge in [0.25, 0.3) is 5.91 Å². The van der Waals surface area contributed by atoms with E-state index in [2.05, 4.69) is 5.32 Å². The molecule has 6 heteroatoms. The molecule has 6 nitrogen and oxygen atoms in total. The van der Waals surface area contributed by atoms with E-state index in [0.29, 0.717) is 28.1 Å². The molecular weight excluding hydrogens is 356 g/mol. The number of nitrogens with two attached hydrogens (primary N) is 1. The van der Waals surface area contributed by atoms with E-state index in [9.17, 15) is 14.4 Å². The summed E-state index contributed by atoms with van der Waals surface area (Å²) in [6, 6.07) is 21.4. The van der Waals surface area contributed by atoms with E-state index < -0.39 is 12.6 Å². The van der Waals surface area contributed by atoms with Crippen LogP contribution in [0.5, 0.6) is 0 Å². The number of nitrogens with one attached hydrogen (secondary N) is 1. The van der Waals surface area contributed by atoms with Crippen LogP contribution in [0.3, 0.4) is 0 Å². The maximum atomic E-state index is 12.2. The van der Waals surface area contributed by atoms with Crippen molar-refractivity contribution >= 4 is 29.0 Å². The van der Waals surface area contributed by atoms with Crippen molar-refractivity contribution in [2.45, 2.75) is 0 Å². The molecule has 140 valence electrons. The normalized spacial score (nSPS) is 10.1. The second-order valence-electron chi connectivity index (χ2n) is 6.02. The molecule has 0 aliphatic heterocycles. The molecule has 3 rings (SSSR count). The van der Waals surface area contributed by atoms with Crippen LogP contribution in [0.4, 0.5) is 11.4 Å². The Morgan fingerprint density at radius 3 is 1.96 bits per heavy atom. The van der Waals surface area contributed by atoms with Gasteiger partial charge in [-0.2, -0.15) is 0 Å². The van der Waals surface area contributed by atoms with Gasteiger partial charge in [0.05, 0.1) is 5.56 Å². The first-order chi connectivity index (χ1) is 13.5. The number of anilines is 2. The van der Waals surface area contributed by atoms with Gasteiger partial charge in [0.2, 0.25) is 0 Å². The van der Waals surface area contributed by atoms with Gasteiger partial charge in [-0.05, 0) is 48.5 Å². The number of hydrogen-bond donors (Lipinski definition) is 2. The van der Waals surface area contributed by atoms with Crippen LogP contribution in [-0.2, 0) is 4.74 Å². The Morgan fingerprint density at radius 2 is 1.32 bits per heavy atom. The largest absolute Gasteiger partial charge is 0.454 e. The summed E-state index contributed by atoms with van der Waals surface area (Å²) in [7, 11) is 0. The lowest BCUT2D eigenvalue weighted by Gasteiger charge is -2.07. The summed E-state index contributed by atoms with van der Waals surface area (Å²) in [4.78, 5) is 36.4. The van der Waals surface area contributed by atoms with Crippen LogP contribution in [0.25, 0.3) is 0 Å². The second kappa shape index (κ2) is 8.64. The lowest BCUT2D eigenvalue weighted by molar-refractivity contribution is 0.0475. The minimum atomic E-state index is -0.604. The zero-order chi connectivity index (χ0) is 19.9. The number of ether oxygens (including phenoxy) is 1. The molecule has 0 bridgehead atoms. The number of benzene rings is 3. The number of esters is 1. The second-order valence-corrected chi connectivity index (χ2v) is 6.02. The molecule has 0 aliphatic carbocycles. The fraction of sp³-hybridized carbons (Fsp3) is 0.0455. The molecule has 3 aromatic carbocycles. The SMILES string of the molecule is Nc1ccc(C(=O)OCC(=O)c2ccc(C(=O)Nc3ccccc3)cc2)cc1. The maximum Gasteiger partial charge on any atom is 0.338 e. The highest BCUT2D eigenvalue weighted by atomic mass is 16.5. The van der Waals surface area contributed by atoms with Gasteiger partial charge in [0, 0.05) is 22.5 Å². The molecule has 0 saturated carbocycles. The fourth-order valence-electron chi connectivity index (χ4n) is 2.45. The summed E-state index contributed by atoms with van der Waals surface area (Å²) in [5, 5.41) is 2.77. The summed E-state index contributed by atoms with van der Waals surface area (Å²) in [6.45, 7) is -0.390. The molecular formula is C22H18N2O4. The van der Waals surface area contributed by atoms with Gasteiger partial charge in [-0.3, -0.25) is 9.59 Å². The molecule has 0 fully saturated rings. The zero-order valence-corrected chi connectivity index (χ0v) is 14.9. The van der Waals surface area contributed by atoms with Crippen LogP contribution in [0.2, 0.25) is 0 Å². The van der Waals surface area contributed by atoms with Crippen molar-refractivity contribution in [3.63, 3.8) is 0 Å². The van der Waals surface area contributed by atoms with Crippen molar-refractivity contribution in [2.24, 2.45) is 0 Å². The Kier molecular flexibility index (Phi) is 5.81. The minimum absolute atomic E-state index is 0.278. The first-order valence-electron chi connectivity index (χ1n) is 8.55. The zero-order valence-electron chi connectivity index (χ0n) is 14.9. The van der Waals surface area contributed by atoms with E-state index in [-0.39, 0.29) is 11.7 Å². The molecule has 0 saturated heterocycles. The van der Waals surface area contributed by atoms with Crippen LogP contribution in [0.15, 0.2) is 78.9 Å². The van der Waals surface area contributed by atoms with E-state index >= 15 is 0 Å². The topological polar surface area (TPSA) is 98.5 Å². The summed E-state index contributed by atoms with van der Waals surface area (Å²) in [5.41, 5.74) is 7.86. The molecule has 3 N–H and O–H groups in total. The Balaban J connectivity index is 1.56. The van der Waals surface area contributed by atoms with Crippen molar-refractivity contribution in [3.05, 3.63) is 95.6 Å². The maximum absolute atomic E-state index is 12.2. The van der Waals surface area contributed by atoms with E-state index in [4.69, 9.17) is 10.5 Å². The Labute approximate surface area is 161 Å². The number of carbonyl (C=O) groups is 3. The molecule has 0 atom stereocenters. The van der Waals surface area contributed by atoms with Crippen molar-refractivity contribution in [2.75, 3.05) is 17.7 Å². The Bertz CT molecular complexity index is 981. The monoisotopic (exact) mass is 374 g/mol. The van der Waals surface area contributed by atoms with E-state index in [1.165, 1.54) is 24.3 Å². The van der Waals surface area contributed by atoms with Gasteiger partial charge in [-0.25, -0.2) is 4.79 Å². The average Bonchev–Trinajstić information content (AvgIpc) is 2.73. The number of carbonyl (C=O) groups excluding carboxylic acids is 3. The van der Waals surface area contributed by atoms with Crippen LogP contribution >= 0.6 is 0 Å². The lowest BCUT2D eigenvalue weighted by atomic mass is 10.1.